The fourth-order valence-corrected chi connectivity index (χ4v) is 5.64. The number of aromatic nitrogens is 2. The Labute approximate surface area is 187 Å². The van der Waals surface area contributed by atoms with Gasteiger partial charge in [-0.3, -0.25) is 4.57 Å². The van der Waals surface area contributed by atoms with E-state index in [1.165, 1.54) is 4.90 Å². The zero-order chi connectivity index (χ0) is 22.5. The Morgan fingerprint density at radius 1 is 1.31 bits per heavy atom. The molecule has 1 amide bonds. The molecule has 4 heterocycles. The average molecular weight is 442 g/mol. The van der Waals surface area contributed by atoms with Crippen LogP contribution in [0.1, 0.15) is 43.4 Å². The van der Waals surface area contributed by atoms with Crippen molar-refractivity contribution in [2.75, 3.05) is 38.1 Å². The number of amides is 1. The molecule has 10 heteroatoms. The van der Waals surface area contributed by atoms with Crippen LogP contribution in [0.15, 0.2) is 4.79 Å². The van der Waals surface area contributed by atoms with E-state index in [0.717, 1.165) is 49.9 Å². The number of rotatable bonds is 4. The van der Waals surface area contributed by atoms with E-state index >= 15 is 0 Å². The molecule has 10 nitrogen and oxygen atoms in total. The molecule has 0 bridgehead atoms. The molecule has 5 rings (SSSR count). The number of piperazine rings is 1. The highest BCUT2D eigenvalue weighted by Gasteiger charge is 2.47. The second kappa shape index (κ2) is 8.05. The maximum Gasteiger partial charge on any atom is 0.407 e. The molecule has 1 aromatic heterocycles. The minimum Gasteiger partial charge on any atom is -0.465 e. The predicted octanol–water partition coefficient (Wildman–Crippen LogP) is 0.598. The van der Waals surface area contributed by atoms with Crippen LogP contribution in [0.3, 0.4) is 0 Å². The second-order valence-electron chi connectivity index (χ2n) is 9.78. The highest BCUT2D eigenvalue weighted by molar-refractivity contribution is 5.66. The molecule has 1 aliphatic carbocycles. The van der Waals surface area contributed by atoms with E-state index in [0.29, 0.717) is 44.6 Å². The number of nitrogens with zero attached hydrogens (tertiary/aromatic N) is 6. The Bertz CT molecular complexity index is 1010. The molecule has 32 heavy (non-hydrogen) atoms. The lowest BCUT2D eigenvalue weighted by Crippen LogP contribution is -2.56. The third-order valence-electron chi connectivity index (χ3n) is 7.80. The second-order valence-corrected chi connectivity index (χ2v) is 9.78. The van der Waals surface area contributed by atoms with Gasteiger partial charge in [0.2, 0.25) is 0 Å². The molecule has 2 saturated heterocycles. The first kappa shape index (κ1) is 21.2. The first-order valence-corrected chi connectivity index (χ1v) is 11.6. The standard InChI is InChI=1S/C22H31N7O3/c1-26-8-2-3-15(26)14-29-18-12-24-22(5-6-22)11-17(18)19(25-20(29)30)27-9-10-28(21(31)32)16(13-27)4-7-23/h15-16,24H,2-6,8-14H2,1H3,(H,31,32)/t15-,16-/m0/s1. The quantitative estimate of drug-likeness (QED) is 0.697. The van der Waals surface area contributed by atoms with Crippen LogP contribution < -0.4 is 15.9 Å². The normalized spacial score (nSPS) is 26.8. The van der Waals surface area contributed by atoms with Crippen molar-refractivity contribution in [3.63, 3.8) is 0 Å². The van der Waals surface area contributed by atoms with E-state index in [1.54, 1.807) is 0 Å². The van der Waals surface area contributed by atoms with Gasteiger partial charge >= 0.3 is 11.8 Å². The number of anilines is 1. The minimum atomic E-state index is -1.00. The van der Waals surface area contributed by atoms with Gasteiger partial charge in [-0.1, -0.05) is 0 Å². The molecular formula is C22H31N7O3. The number of hydrogen-bond donors (Lipinski definition) is 2. The summed E-state index contributed by atoms with van der Waals surface area (Å²) in [5.74, 6) is 0.696. The molecule has 0 unspecified atom stereocenters. The van der Waals surface area contributed by atoms with Gasteiger partial charge in [0.25, 0.3) is 0 Å². The van der Waals surface area contributed by atoms with Crippen LogP contribution in [-0.2, 0) is 19.5 Å². The fourth-order valence-electron chi connectivity index (χ4n) is 5.64. The Balaban J connectivity index is 1.50. The van der Waals surface area contributed by atoms with Crippen molar-refractivity contribution in [1.29, 1.82) is 5.26 Å². The number of nitriles is 1. The Morgan fingerprint density at radius 2 is 2.12 bits per heavy atom. The van der Waals surface area contributed by atoms with E-state index in [9.17, 15) is 20.0 Å². The summed E-state index contributed by atoms with van der Waals surface area (Å²) in [5.41, 5.74) is 2.03. The molecule has 1 spiro atoms. The van der Waals surface area contributed by atoms with E-state index in [-0.39, 0.29) is 17.6 Å². The highest BCUT2D eigenvalue weighted by Crippen LogP contribution is 2.44. The lowest BCUT2D eigenvalue weighted by molar-refractivity contribution is 0.119. The summed E-state index contributed by atoms with van der Waals surface area (Å²) in [6.07, 6.45) is 4.45. The Hall–Kier alpha value is -2.64. The van der Waals surface area contributed by atoms with Gasteiger partial charge in [-0.05, 0) is 45.7 Å². The summed E-state index contributed by atoms with van der Waals surface area (Å²) in [6, 6.07) is 2.04. The van der Waals surface area contributed by atoms with E-state index < -0.39 is 12.1 Å². The van der Waals surface area contributed by atoms with Gasteiger partial charge in [-0.15, -0.1) is 0 Å². The number of hydrogen-bond acceptors (Lipinski definition) is 7. The van der Waals surface area contributed by atoms with E-state index in [4.69, 9.17) is 0 Å². The summed E-state index contributed by atoms with van der Waals surface area (Å²) < 4.78 is 1.87. The summed E-state index contributed by atoms with van der Waals surface area (Å²) >= 11 is 0. The molecule has 1 aromatic rings. The van der Waals surface area contributed by atoms with Crippen LogP contribution in [0.5, 0.6) is 0 Å². The SMILES string of the molecule is CN1CCC[C@H]1Cn1c2c(c(N3CCN(C(=O)O)[C@@H](CC#N)C3)nc1=O)CC1(CC1)NC2. The van der Waals surface area contributed by atoms with Gasteiger partial charge < -0.3 is 25.1 Å². The smallest absolute Gasteiger partial charge is 0.407 e. The number of nitrogens with one attached hydrogen (secondary N) is 1. The minimum absolute atomic E-state index is 0.116. The third-order valence-corrected chi connectivity index (χ3v) is 7.80. The van der Waals surface area contributed by atoms with E-state index in [2.05, 4.69) is 28.3 Å². The third kappa shape index (κ3) is 3.73. The van der Waals surface area contributed by atoms with Crippen LogP contribution in [0, 0.1) is 11.3 Å². The Morgan fingerprint density at radius 3 is 2.78 bits per heavy atom. The molecular weight excluding hydrogens is 410 g/mol. The lowest BCUT2D eigenvalue weighted by Gasteiger charge is -2.41. The zero-order valence-electron chi connectivity index (χ0n) is 18.6. The fraction of sp³-hybridized carbons (Fsp3) is 0.727. The summed E-state index contributed by atoms with van der Waals surface area (Å²) in [5, 5.41) is 22.4. The summed E-state index contributed by atoms with van der Waals surface area (Å²) in [4.78, 5) is 35.1. The largest absolute Gasteiger partial charge is 0.465 e. The summed E-state index contributed by atoms with van der Waals surface area (Å²) in [7, 11) is 2.12. The molecule has 4 aliphatic rings. The molecule has 0 radical (unpaired) electrons. The van der Waals surface area contributed by atoms with Gasteiger partial charge in [0.05, 0.1) is 18.5 Å². The van der Waals surface area contributed by atoms with Crippen LogP contribution in [0.4, 0.5) is 10.6 Å². The molecule has 0 aromatic carbocycles. The van der Waals surface area contributed by atoms with Crippen molar-refractivity contribution in [2.45, 2.75) is 69.2 Å². The molecule has 3 fully saturated rings. The lowest BCUT2D eigenvalue weighted by atomic mass is 9.96. The van der Waals surface area contributed by atoms with Crippen molar-refractivity contribution >= 4 is 11.9 Å². The summed E-state index contributed by atoms with van der Waals surface area (Å²) in [6.45, 7) is 3.54. The van der Waals surface area contributed by atoms with Crippen molar-refractivity contribution in [1.82, 2.24) is 24.7 Å². The number of likely N-dealkylation sites (N-methyl/N-ethyl adjacent to an activating group) is 1. The van der Waals surface area contributed by atoms with Gasteiger partial charge in [-0.2, -0.15) is 10.2 Å². The number of carbonyl (C=O) groups is 1. The highest BCUT2D eigenvalue weighted by atomic mass is 16.4. The maximum absolute atomic E-state index is 13.2. The van der Waals surface area contributed by atoms with Crippen LogP contribution >= 0.6 is 0 Å². The first-order valence-electron chi connectivity index (χ1n) is 11.6. The molecule has 172 valence electrons. The van der Waals surface area contributed by atoms with Crippen molar-refractivity contribution < 1.29 is 9.90 Å². The van der Waals surface area contributed by atoms with Crippen LogP contribution in [0.25, 0.3) is 0 Å². The van der Waals surface area contributed by atoms with Gasteiger partial charge in [0, 0.05) is 55.6 Å². The Kier molecular flexibility index (Phi) is 5.34. The monoisotopic (exact) mass is 441 g/mol. The maximum atomic E-state index is 13.2. The predicted molar refractivity (Wildman–Crippen MR) is 118 cm³/mol. The molecule has 2 atom stereocenters. The van der Waals surface area contributed by atoms with Crippen molar-refractivity contribution in [2.24, 2.45) is 0 Å². The van der Waals surface area contributed by atoms with Crippen molar-refractivity contribution in [3.05, 3.63) is 21.7 Å². The van der Waals surface area contributed by atoms with Gasteiger partial charge in [-0.25, -0.2) is 9.59 Å². The zero-order valence-corrected chi connectivity index (χ0v) is 18.6. The van der Waals surface area contributed by atoms with Crippen LogP contribution in [0.2, 0.25) is 0 Å². The first-order chi connectivity index (χ1) is 15.4. The van der Waals surface area contributed by atoms with Gasteiger partial charge in [0.15, 0.2) is 0 Å². The van der Waals surface area contributed by atoms with Crippen molar-refractivity contribution in [3.8, 4) is 6.07 Å². The molecule has 2 N–H and O–H groups in total. The number of likely N-dealkylation sites (tertiary alicyclic amines) is 1. The number of fused-ring (bicyclic) bond motifs is 1. The average Bonchev–Trinajstić information content (AvgIpc) is 3.39. The number of carboxylic acid groups (broad SMARTS) is 1. The van der Waals surface area contributed by atoms with E-state index in [1.807, 2.05) is 9.47 Å². The molecule has 1 saturated carbocycles. The molecule has 3 aliphatic heterocycles. The topological polar surface area (TPSA) is 118 Å². The van der Waals surface area contributed by atoms with Gasteiger partial charge in [0.1, 0.15) is 5.82 Å². The van der Waals surface area contributed by atoms with Crippen LogP contribution in [-0.4, -0.2) is 81.4 Å².